The van der Waals surface area contributed by atoms with Crippen molar-refractivity contribution in [1.29, 1.82) is 5.26 Å². The van der Waals surface area contributed by atoms with Crippen LogP contribution in [0.3, 0.4) is 0 Å². The molecule has 0 amide bonds. The molecular weight excluding hydrogens is 172 g/mol. The van der Waals surface area contributed by atoms with Crippen LogP contribution in [-0.4, -0.2) is 4.57 Å². The van der Waals surface area contributed by atoms with Crippen LogP contribution in [0.4, 0.5) is 0 Å². The molecule has 0 spiro atoms. The van der Waals surface area contributed by atoms with Gasteiger partial charge in [0.25, 0.3) is 0 Å². The molecule has 0 aliphatic heterocycles. The molecule has 0 fully saturated rings. The SMILES string of the molecule is CCCn1ccc2ccc(C#N)cc21. The first kappa shape index (κ1) is 8.83. The highest BCUT2D eigenvalue weighted by atomic mass is 14.9. The zero-order valence-electron chi connectivity index (χ0n) is 8.20. The number of aryl methyl sites for hydroxylation is 1. The lowest BCUT2D eigenvalue weighted by Gasteiger charge is -2.02. The predicted octanol–water partition coefficient (Wildman–Crippen LogP) is 2.92. The standard InChI is InChI=1S/C12H12N2/c1-2-6-14-7-5-11-4-3-10(9-13)8-12(11)14/h3-5,7-8H,2,6H2,1H3. The molecule has 2 heteroatoms. The molecule has 1 heterocycles. The van der Waals surface area contributed by atoms with E-state index in [0.717, 1.165) is 24.0 Å². The normalized spacial score (nSPS) is 10.3. The predicted molar refractivity (Wildman–Crippen MR) is 56.9 cm³/mol. The molecule has 1 aromatic carbocycles. The van der Waals surface area contributed by atoms with Gasteiger partial charge in [-0.3, -0.25) is 0 Å². The van der Waals surface area contributed by atoms with E-state index in [9.17, 15) is 0 Å². The van der Waals surface area contributed by atoms with Crippen molar-refractivity contribution < 1.29 is 0 Å². The molecule has 2 rings (SSSR count). The number of rotatable bonds is 2. The van der Waals surface area contributed by atoms with E-state index in [1.54, 1.807) is 0 Å². The van der Waals surface area contributed by atoms with Gasteiger partial charge in [-0.1, -0.05) is 13.0 Å². The van der Waals surface area contributed by atoms with Crippen LogP contribution in [0.5, 0.6) is 0 Å². The van der Waals surface area contributed by atoms with Crippen LogP contribution in [0.2, 0.25) is 0 Å². The first-order valence-electron chi connectivity index (χ1n) is 4.84. The van der Waals surface area contributed by atoms with Crippen LogP contribution in [0.25, 0.3) is 10.9 Å². The molecule has 2 nitrogen and oxygen atoms in total. The van der Waals surface area contributed by atoms with Crippen LogP contribution < -0.4 is 0 Å². The molecule has 1 aromatic heterocycles. The topological polar surface area (TPSA) is 28.7 Å². The third-order valence-electron chi connectivity index (χ3n) is 2.37. The van der Waals surface area contributed by atoms with Crippen molar-refractivity contribution in [1.82, 2.24) is 4.57 Å². The van der Waals surface area contributed by atoms with Gasteiger partial charge in [0.15, 0.2) is 0 Å². The van der Waals surface area contributed by atoms with Gasteiger partial charge < -0.3 is 4.57 Å². The smallest absolute Gasteiger partial charge is 0.0992 e. The number of nitriles is 1. The molecule has 14 heavy (non-hydrogen) atoms. The third kappa shape index (κ3) is 1.38. The molecular formula is C12H12N2. The maximum absolute atomic E-state index is 8.80. The van der Waals surface area contributed by atoms with Crippen molar-refractivity contribution in [2.75, 3.05) is 0 Å². The highest BCUT2D eigenvalue weighted by molar-refractivity contribution is 5.81. The lowest BCUT2D eigenvalue weighted by molar-refractivity contribution is 0.703. The Balaban J connectivity index is 2.59. The van der Waals surface area contributed by atoms with Gasteiger partial charge in [0.05, 0.1) is 11.6 Å². The summed E-state index contributed by atoms with van der Waals surface area (Å²) in [5, 5.41) is 10.0. The summed E-state index contributed by atoms with van der Waals surface area (Å²) >= 11 is 0. The zero-order chi connectivity index (χ0) is 9.97. The van der Waals surface area contributed by atoms with Gasteiger partial charge in [-0.25, -0.2) is 0 Å². The fourth-order valence-corrected chi connectivity index (χ4v) is 1.69. The molecule has 0 saturated carbocycles. The van der Waals surface area contributed by atoms with E-state index < -0.39 is 0 Å². The first-order valence-corrected chi connectivity index (χ1v) is 4.84. The Morgan fingerprint density at radius 3 is 2.93 bits per heavy atom. The van der Waals surface area contributed by atoms with Crippen molar-refractivity contribution in [3.63, 3.8) is 0 Å². The average Bonchev–Trinajstić information content (AvgIpc) is 2.61. The molecule has 70 valence electrons. The minimum absolute atomic E-state index is 0.730. The molecule has 0 N–H and O–H groups in total. The largest absolute Gasteiger partial charge is 0.347 e. The fraction of sp³-hybridized carbons (Fsp3) is 0.250. The minimum Gasteiger partial charge on any atom is -0.347 e. The van der Waals surface area contributed by atoms with E-state index in [4.69, 9.17) is 5.26 Å². The number of hydrogen-bond acceptors (Lipinski definition) is 1. The van der Waals surface area contributed by atoms with Gasteiger partial charge in [0, 0.05) is 18.3 Å². The second kappa shape index (κ2) is 3.55. The molecule has 0 aliphatic rings. The first-order chi connectivity index (χ1) is 6.85. The molecule has 0 unspecified atom stereocenters. The minimum atomic E-state index is 0.730. The number of benzene rings is 1. The van der Waals surface area contributed by atoms with Crippen LogP contribution in [0, 0.1) is 11.3 Å². The second-order valence-electron chi connectivity index (χ2n) is 3.39. The van der Waals surface area contributed by atoms with Crippen molar-refractivity contribution in [2.24, 2.45) is 0 Å². The Hall–Kier alpha value is -1.75. The summed E-state index contributed by atoms with van der Waals surface area (Å²) in [4.78, 5) is 0. The summed E-state index contributed by atoms with van der Waals surface area (Å²) < 4.78 is 2.19. The van der Waals surface area contributed by atoms with Crippen LogP contribution in [-0.2, 0) is 6.54 Å². The summed E-state index contributed by atoms with van der Waals surface area (Å²) in [6.07, 6.45) is 3.19. The van der Waals surface area contributed by atoms with Gasteiger partial charge in [0.2, 0.25) is 0 Å². The highest BCUT2D eigenvalue weighted by Crippen LogP contribution is 2.17. The van der Waals surface area contributed by atoms with E-state index in [2.05, 4.69) is 29.8 Å². The van der Waals surface area contributed by atoms with E-state index in [1.165, 1.54) is 5.39 Å². The summed E-state index contributed by atoms with van der Waals surface area (Å²) in [6, 6.07) is 10.1. The monoisotopic (exact) mass is 184 g/mol. The third-order valence-corrected chi connectivity index (χ3v) is 2.37. The van der Waals surface area contributed by atoms with Crippen LogP contribution in [0.1, 0.15) is 18.9 Å². The Kier molecular flexibility index (Phi) is 2.24. The Bertz CT molecular complexity index is 488. The Labute approximate surface area is 83.4 Å². The maximum Gasteiger partial charge on any atom is 0.0992 e. The van der Waals surface area contributed by atoms with Crippen molar-refractivity contribution in [3.05, 3.63) is 36.0 Å². The van der Waals surface area contributed by atoms with Gasteiger partial charge in [-0.15, -0.1) is 0 Å². The summed E-state index contributed by atoms with van der Waals surface area (Å²) in [5.41, 5.74) is 1.89. The maximum atomic E-state index is 8.80. The van der Waals surface area contributed by atoms with Crippen molar-refractivity contribution in [2.45, 2.75) is 19.9 Å². The Morgan fingerprint density at radius 1 is 1.36 bits per heavy atom. The van der Waals surface area contributed by atoms with Gasteiger partial charge in [-0.2, -0.15) is 5.26 Å². The second-order valence-corrected chi connectivity index (χ2v) is 3.39. The summed E-state index contributed by atoms with van der Waals surface area (Å²) in [6.45, 7) is 3.17. The highest BCUT2D eigenvalue weighted by Gasteiger charge is 2.00. The average molecular weight is 184 g/mol. The van der Waals surface area contributed by atoms with Gasteiger partial charge >= 0.3 is 0 Å². The molecule has 2 aromatic rings. The lowest BCUT2D eigenvalue weighted by Crippen LogP contribution is -1.93. The number of fused-ring (bicyclic) bond motifs is 1. The van der Waals surface area contributed by atoms with Gasteiger partial charge in [-0.05, 0) is 30.0 Å². The fourth-order valence-electron chi connectivity index (χ4n) is 1.69. The Morgan fingerprint density at radius 2 is 2.21 bits per heavy atom. The number of hydrogen-bond donors (Lipinski definition) is 0. The quantitative estimate of drug-likeness (QED) is 0.705. The number of nitrogens with zero attached hydrogens (tertiary/aromatic N) is 2. The zero-order valence-corrected chi connectivity index (χ0v) is 8.20. The van der Waals surface area contributed by atoms with E-state index in [0.29, 0.717) is 0 Å². The van der Waals surface area contributed by atoms with E-state index in [1.807, 2.05) is 18.2 Å². The molecule has 0 aliphatic carbocycles. The van der Waals surface area contributed by atoms with E-state index in [-0.39, 0.29) is 0 Å². The van der Waals surface area contributed by atoms with Crippen molar-refractivity contribution in [3.8, 4) is 6.07 Å². The molecule has 0 atom stereocenters. The van der Waals surface area contributed by atoms with Crippen LogP contribution >= 0.6 is 0 Å². The molecule has 0 radical (unpaired) electrons. The lowest BCUT2D eigenvalue weighted by atomic mass is 10.2. The summed E-state index contributed by atoms with van der Waals surface area (Å²) in [7, 11) is 0. The van der Waals surface area contributed by atoms with Crippen molar-refractivity contribution >= 4 is 10.9 Å². The molecule has 0 bridgehead atoms. The number of aromatic nitrogens is 1. The van der Waals surface area contributed by atoms with Gasteiger partial charge in [0.1, 0.15) is 0 Å². The van der Waals surface area contributed by atoms with E-state index >= 15 is 0 Å². The molecule has 0 saturated heterocycles. The van der Waals surface area contributed by atoms with Crippen LogP contribution in [0.15, 0.2) is 30.5 Å². The summed E-state index contributed by atoms with van der Waals surface area (Å²) in [5.74, 6) is 0.